The van der Waals surface area contributed by atoms with Crippen molar-refractivity contribution in [1.82, 2.24) is 9.47 Å². The van der Waals surface area contributed by atoms with Crippen molar-refractivity contribution >= 4 is 22.8 Å². The topological polar surface area (TPSA) is 79.6 Å². The maximum Gasteiger partial charge on any atom is 0.306 e. The van der Waals surface area contributed by atoms with Gasteiger partial charge in [-0.1, -0.05) is 12.1 Å². The first-order valence-corrected chi connectivity index (χ1v) is 7.65. The number of pyridine rings is 1. The molecule has 0 aliphatic carbocycles. The van der Waals surface area contributed by atoms with E-state index in [4.69, 9.17) is 5.11 Å². The minimum atomic E-state index is -0.788. The molecule has 0 saturated carbocycles. The zero-order chi connectivity index (χ0) is 16.4. The Hall–Kier alpha value is -2.63. The molecule has 6 nitrogen and oxygen atoms in total. The number of carboxylic acid groups (broad SMARTS) is 1. The lowest BCUT2D eigenvalue weighted by atomic mass is 9.97. The lowest BCUT2D eigenvalue weighted by Crippen LogP contribution is -2.41. The van der Waals surface area contributed by atoms with Crippen LogP contribution < -0.4 is 5.43 Å². The van der Waals surface area contributed by atoms with Gasteiger partial charge < -0.3 is 14.6 Å². The van der Waals surface area contributed by atoms with E-state index in [9.17, 15) is 14.4 Å². The standard InChI is InChI=1S/C17H18N2O4/c20-15-7-10-19(14-4-2-1-3-13(14)15)11-16(21)18-8-5-12(6-9-18)17(22)23/h1-4,7,10,12H,5-6,8-9,11H2,(H,22,23). The molecule has 6 heteroatoms. The number of hydrogen-bond acceptors (Lipinski definition) is 3. The molecule has 1 aliphatic rings. The number of benzene rings is 1. The van der Waals surface area contributed by atoms with Crippen LogP contribution in [0.15, 0.2) is 41.3 Å². The summed E-state index contributed by atoms with van der Waals surface area (Å²) in [6.07, 6.45) is 2.62. The Labute approximate surface area is 132 Å². The number of carbonyl (C=O) groups is 2. The van der Waals surface area contributed by atoms with E-state index in [0.29, 0.717) is 31.3 Å². The zero-order valence-corrected chi connectivity index (χ0v) is 12.6. The van der Waals surface area contributed by atoms with Gasteiger partial charge in [-0.2, -0.15) is 0 Å². The van der Waals surface area contributed by atoms with Crippen LogP contribution in [0.25, 0.3) is 10.9 Å². The van der Waals surface area contributed by atoms with Gasteiger partial charge in [0.1, 0.15) is 6.54 Å². The van der Waals surface area contributed by atoms with Crippen LogP contribution in [-0.2, 0) is 16.1 Å². The molecule has 3 rings (SSSR count). The Morgan fingerprint density at radius 1 is 1.13 bits per heavy atom. The number of piperidine rings is 1. The van der Waals surface area contributed by atoms with Crippen molar-refractivity contribution in [2.45, 2.75) is 19.4 Å². The fourth-order valence-electron chi connectivity index (χ4n) is 3.02. The molecule has 0 atom stereocenters. The third-order valence-electron chi connectivity index (χ3n) is 4.39. The van der Waals surface area contributed by atoms with Crippen LogP contribution in [0, 0.1) is 5.92 Å². The lowest BCUT2D eigenvalue weighted by molar-refractivity contribution is -0.145. The van der Waals surface area contributed by atoms with Crippen molar-refractivity contribution in [1.29, 1.82) is 0 Å². The van der Waals surface area contributed by atoms with E-state index in [2.05, 4.69) is 0 Å². The second-order valence-electron chi connectivity index (χ2n) is 5.82. The predicted molar refractivity (Wildman–Crippen MR) is 85.1 cm³/mol. The fraction of sp³-hybridized carbons (Fsp3) is 0.353. The van der Waals surface area contributed by atoms with Crippen LogP contribution in [0.1, 0.15) is 12.8 Å². The van der Waals surface area contributed by atoms with E-state index in [-0.39, 0.29) is 23.8 Å². The number of aromatic nitrogens is 1. The maximum absolute atomic E-state index is 12.5. The molecule has 1 N–H and O–H groups in total. The molecule has 0 radical (unpaired) electrons. The first-order chi connectivity index (χ1) is 11.1. The summed E-state index contributed by atoms with van der Waals surface area (Å²) < 4.78 is 1.77. The van der Waals surface area contributed by atoms with Gasteiger partial charge in [0.2, 0.25) is 5.91 Å². The number of aliphatic carboxylic acids is 1. The highest BCUT2D eigenvalue weighted by atomic mass is 16.4. The predicted octanol–water partition coefficient (Wildman–Crippen LogP) is 1.32. The van der Waals surface area contributed by atoms with E-state index < -0.39 is 5.97 Å². The smallest absolute Gasteiger partial charge is 0.306 e. The lowest BCUT2D eigenvalue weighted by Gasteiger charge is -2.30. The molecule has 1 aromatic carbocycles. The Morgan fingerprint density at radius 2 is 1.83 bits per heavy atom. The molecule has 23 heavy (non-hydrogen) atoms. The van der Waals surface area contributed by atoms with E-state index in [0.717, 1.165) is 5.52 Å². The number of fused-ring (bicyclic) bond motifs is 1. The number of carboxylic acids is 1. The molecule has 120 valence electrons. The molecule has 2 heterocycles. The summed E-state index contributed by atoms with van der Waals surface area (Å²) in [7, 11) is 0. The number of carbonyl (C=O) groups excluding carboxylic acids is 1. The van der Waals surface area contributed by atoms with Gasteiger partial charge >= 0.3 is 5.97 Å². The van der Waals surface area contributed by atoms with Gasteiger partial charge in [-0.05, 0) is 25.0 Å². The summed E-state index contributed by atoms with van der Waals surface area (Å²) in [5.41, 5.74) is 0.667. The first-order valence-electron chi connectivity index (χ1n) is 7.65. The molecule has 0 spiro atoms. The number of rotatable bonds is 3. The number of para-hydroxylation sites is 1. The highest BCUT2D eigenvalue weighted by Gasteiger charge is 2.26. The van der Waals surface area contributed by atoms with Crippen molar-refractivity contribution in [2.75, 3.05) is 13.1 Å². The molecular formula is C17H18N2O4. The third-order valence-corrected chi connectivity index (χ3v) is 4.39. The monoisotopic (exact) mass is 314 g/mol. The molecule has 1 aliphatic heterocycles. The number of likely N-dealkylation sites (tertiary alicyclic amines) is 1. The maximum atomic E-state index is 12.5. The second kappa shape index (κ2) is 6.24. The van der Waals surface area contributed by atoms with Crippen LogP contribution in [0.2, 0.25) is 0 Å². The first kappa shape index (κ1) is 15.3. The van der Waals surface area contributed by atoms with Gasteiger partial charge in [0.15, 0.2) is 5.43 Å². The third kappa shape index (κ3) is 3.11. The van der Waals surface area contributed by atoms with Crippen LogP contribution in [0.3, 0.4) is 0 Å². The summed E-state index contributed by atoms with van der Waals surface area (Å²) in [5.74, 6) is -1.20. The quantitative estimate of drug-likeness (QED) is 0.927. The van der Waals surface area contributed by atoms with Crippen molar-refractivity contribution in [3.63, 3.8) is 0 Å². The molecule has 2 aromatic rings. The van der Waals surface area contributed by atoms with Gasteiger partial charge in [-0.25, -0.2) is 0 Å². The Kier molecular flexibility index (Phi) is 4.14. The number of amides is 1. The highest BCUT2D eigenvalue weighted by molar-refractivity contribution is 5.82. The minimum absolute atomic E-state index is 0.0531. The van der Waals surface area contributed by atoms with E-state index in [1.54, 1.807) is 27.8 Å². The molecule has 1 saturated heterocycles. The summed E-state index contributed by atoms with van der Waals surface area (Å²) in [4.78, 5) is 37.0. The highest BCUT2D eigenvalue weighted by Crippen LogP contribution is 2.18. The number of hydrogen-bond donors (Lipinski definition) is 1. The average molecular weight is 314 g/mol. The largest absolute Gasteiger partial charge is 0.481 e. The van der Waals surface area contributed by atoms with Gasteiger partial charge in [-0.3, -0.25) is 14.4 Å². The molecular weight excluding hydrogens is 296 g/mol. The fourth-order valence-corrected chi connectivity index (χ4v) is 3.02. The van der Waals surface area contributed by atoms with Gasteiger partial charge in [0, 0.05) is 30.7 Å². The van der Waals surface area contributed by atoms with Gasteiger partial charge in [0.25, 0.3) is 0 Å². The summed E-state index contributed by atoms with van der Waals surface area (Å²) in [6.45, 7) is 1.08. The van der Waals surface area contributed by atoms with E-state index >= 15 is 0 Å². The van der Waals surface area contributed by atoms with Crippen LogP contribution in [-0.4, -0.2) is 39.5 Å². The van der Waals surface area contributed by atoms with Gasteiger partial charge in [0.05, 0.1) is 11.4 Å². The Balaban J connectivity index is 1.75. The summed E-state index contributed by atoms with van der Waals surface area (Å²) in [6, 6.07) is 8.66. The minimum Gasteiger partial charge on any atom is -0.481 e. The molecule has 0 unspecified atom stereocenters. The van der Waals surface area contributed by atoms with Gasteiger partial charge in [-0.15, -0.1) is 0 Å². The van der Waals surface area contributed by atoms with Crippen molar-refractivity contribution in [2.24, 2.45) is 5.92 Å². The molecule has 1 fully saturated rings. The van der Waals surface area contributed by atoms with E-state index in [1.807, 2.05) is 12.1 Å². The van der Waals surface area contributed by atoms with Crippen LogP contribution >= 0.6 is 0 Å². The second-order valence-corrected chi connectivity index (χ2v) is 5.82. The SMILES string of the molecule is O=C(O)C1CCN(C(=O)Cn2ccc(=O)c3ccccc32)CC1. The summed E-state index contributed by atoms with van der Waals surface area (Å²) in [5, 5.41) is 9.60. The molecule has 0 bridgehead atoms. The molecule has 1 aromatic heterocycles. The van der Waals surface area contributed by atoms with E-state index in [1.165, 1.54) is 6.07 Å². The molecule has 1 amide bonds. The summed E-state index contributed by atoms with van der Waals surface area (Å²) >= 11 is 0. The zero-order valence-electron chi connectivity index (χ0n) is 12.6. The van der Waals surface area contributed by atoms with Crippen LogP contribution in [0.5, 0.6) is 0 Å². The number of nitrogens with zero attached hydrogens (tertiary/aromatic N) is 2. The Bertz CT molecular complexity index is 804. The average Bonchev–Trinajstić information content (AvgIpc) is 2.57. The van der Waals surface area contributed by atoms with Crippen molar-refractivity contribution < 1.29 is 14.7 Å². The van der Waals surface area contributed by atoms with Crippen LogP contribution in [0.4, 0.5) is 0 Å². The van der Waals surface area contributed by atoms with Crippen molar-refractivity contribution in [3.05, 3.63) is 46.8 Å². The Morgan fingerprint density at radius 3 is 2.52 bits per heavy atom. The van der Waals surface area contributed by atoms with Crippen molar-refractivity contribution in [3.8, 4) is 0 Å². The normalized spacial score (nSPS) is 15.7.